The molecular weight excluding hydrogens is 330 g/mol. The van der Waals surface area contributed by atoms with Crippen LogP contribution in [0.15, 0.2) is 34.1 Å². The highest BCUT2D eigenvalue weighted by molar-refractivity contribution is 9.09. The molecule has 0 aromatic carbocycles. The van der Waals surface area contributed by atoms with Crippen LogP contribution in [0.2, 0.25) is 0 Å². The van der Waals surface area contributed by atoms with E-state index in [-0.39, 0.29) is 28.5 Å². The zero-order valence-corrected chi connectivity index (χ0v) is 12.7. The van der Waals surface area contributed by atoms with Crippen molar-refractivity contribution in [2.24, 2.45) is 0 Å². The van der Waals surface area contributed by atoms with Gasteiger partial charge in [-0.3, -0.25) is 9.59 Å². The largest absolute Gasteiger partial charge is 0.448 e. The van der Waals surface area contributed by atoms with Gasteiger partial charge in [-0.1, -0.05) is 22.0 Å². The third kappa shape index (κ3) is 3.33. The number of carbonyl (C=O) groups excluding carboxylic acids is 2. The fraction of sp³-hybridized carbons (Fsp3) is 0.231. The first-order valence-electron chi connectivity index (χ1n) is 5.58. The highest BCUT2D eigenvalue weighted by Crippen LogP contribution is 2.15. The topological polar surface area (TPSA) is 50.5 Å². The Morgan fingerprint density at radius 3 is 2.68 bits per heavy atom. The number of rotatable bonds is 5. The monoisotopic (exact) mass is 341 g/mol. The zero-order valence-electron chi connectivity index (χ0n) is 10.3. The zero-order chi connectivity index (χ0) is 13.8. The number of alkyl halides is 1. The minimum Gasteiger partial charge on any atom is -0.448 e. The molecule has 0 saturated heterocycles. The molecule has 2 heterocycles. The first kappa shape index (κ1) is 14.0. The van der Waals surface area contributed by atoms with E-state index in [0.29, 0.717) is 6.54 Å². The Hall–Kier alpha value is -1.40. The summed E-state index contributed by atoms with van der Waals surface area (Å²) in [7, 11) is 1.70. The minimum absolute atomic E-state index is 0.180. The Morgan fingerprint density at radius 1 is 1.32 bits per heavy atom. The molecule has 0 radical (unpaired) electrons. The average Bonchev–Trinajstić information content (AvgIpc) is 3.07. The van der Waals surface area contributed by atoms with Crippen LogP contribution >= 0.6 is 27.3 Å². The normalized spacial score (nSPS) is 10.4. The SMILES string of the molecule is CN(Cc1cccs1)C(=O)c1ccc(C(=O)CBr)o1. The number of carbonyl (C=O) groups is 2. The molecular formula is C13H12BrNO3S. The predicted molar refractivity (Wildman–Crippen MR) is 76.9 cm³/mol. The summed E-state index contributed by atoms with van der Waals surface area (Å²) < 4.78 is 5.27. The maximum Gasteiger partial charge on any atom is 0.289 e. The summed E-state index contributed by atoms with van der Waals surface area (Å²) in [5.41, 5.74) is 0. The van der Waals surface area contributed by atoms with Gasteiger partial charge in [0.1, 0.15) is 0 Å². The number of amides is 1. The van der Waals surface area contributed by atoms with E-state index in [9.17, 15) is 9.59 Å². The first-order valence-corrected chi connectivity index (χ1v) is 7.58. The molecule has 2 rings (SSSR count). The highest BCUT2D eigenvalue weighted by Gasteiger charge is 2.18. The van der Waals surface area contributed by atoms with E-state index >= 15 is 0 Å². The van der Waals surface area contributed by atoms with Gasteiger partial charge in [0.25, 0.3) is 5.91 Å². The first-order chi connectivity index (χ1) is 9.11. The second-order valence-electron chi connectivity index (χ2n) is 3.96. The Bertz CT molecular complexity index is 576. The van der Waals surface area contributed by atoms with Crippen LogP contribution in [0.3, 0.4) is 0 Å². The third-order valence-corrected chi connectivity index (χ3v) is 3.90. The molecule has 0 N–H and O–H groups in total. The number of nitrogens with zero attached hydrogens (tertiary/aromatic N) is 1. The fourth-order valence-corrected chi connectivity index (χ4v) is 2.60. The summed E-state index contributed by atoms with van der Waals surface area (Å²) in [6, 6.07) is 6.97. The van der Waals surface area contributed by atoms with Gasteiger partial charge < -0.3 is 9.32 Å². The van der Waals surface area contributed by atoms with E-state index in [1.807, 2.05) is 17.5 Å². The van der Waals surface area contributed by atoms with Gasteiger partial charge in [0.15, 0.2) is 11.5 Å². The van der Waals surface area contributed by atoms with Crippen LogP contribution in [0, 0.1) is 0 Å². The second kappa shape index (κ2) is 6.16. The van der Waals surface area contributed by atoms with Crippen molar-refractivity contribution in [3.8, 4) is 0 Å². The maximum absolute atomic E-state index is 12.1. The average molecular weight is 342 g/mol. The lowest BCUT2D eigenvalue weighted by atomic mass is 10.3. The van der Waals surface area contributed by atoms with Crippen molar-refractivity contribution < 1.29 is 14.0 Å². The molecule has 6 heteroatoms. The summed E-state index contributed by atoms with van der Waals surface area (Å²) in [4.78, 5) is 26.2. The number of furan rings is 1. The van der Waals surface area contributed by atoms with Gasteiger partial charge in [-0.05, 0) is 23.6 Å². The molecule has 19 heavy (non-hydrogen) atoms. The van der Waals surface area contributed by atoms with Gasteiger partial charge in [0.05, 0.1) is 11.9 Å². The van der Waals surface area contributed by atoms with E-state index in [4.69, 9.17) is 4.42 Å². The Balaban J connectivity index is 2.06. The van der Waals surface area contributed by atoms with Gasteiger partial charge in [0, 0.05) is 11.9 Å². The van der Waals surface area contributed by atoms with Crippen LogP contribution in [0.1, 0.15) is 26.0 Å². The third-order valence-electron chi connectivity index (χ3n) is 2.53. The summed E-state index contributed by atoms with van der Waals surface area (Å²) in [6.07, 6.45) is 0. The molecule has 0 bridgehead atoms. The molecule has 100 valence electrons. The summed E-state index contributed by atoms with van der Waals surface area (Å²) in [6.45, 7) is 0.527. The van der Waals surface area contributed by atoms with Crippen molar-refractivity contribution in [3.05, 3.63) is 46.0 Å². The second-order valence-corrected chi connectivity index (χ2v) is 5.55. The molecule has 0 aliphatic carbocycles. The molecule has 1 amide bonds. The van der Waals surface area contributed by atoms with Crippen molar-refractivity contribution in [2.45, 2.75) is 6.54 Å². The molecule has 0 aliphatic rings. The lowest BCUT2D eigenvalue weighted by molar-refractivity contribution is 0.0752. The van der Waals surface area contributed by atoms with Crippen molar-refractivity contribution in [1.82, 2.24) is 4.90 Å². The number of thiophene rings is 1. The van der Waals surface area contributed by atoms with Gasteiger partial charge in [0.2, 0.25) is 5.78 Å². The standard InChI is InChI=1S/C13H12BrNO3S/c1-15(8-9-3-2-6-19-9)13(17)12-5-4-11(18-12)10(16)7-14/h2-6H,7-8H2,1H3. The van der Waals surface area contributed by atoms with E-state index in [0.717, 1.165) is 4.88 Å². The van der Waals surface area contributed by atoms with Gasteiger partial charge in [-0.15, -0.1) is 11.3 Å². The van der Waals surface area contributed by atoms with Crippen molar-refractivity contribution in [3.63, 3.8) is 0 Å². The quantitative estimate of drug-likeness (QED) is 0.619. The van der Waals surface area contributed by atoms with E-state index in [1.165, 1.54) is 12.1 Å². The van der Waals surface area contributed by atoms with Gasteiger partial charge >= 0.3 is 0 Å². The molecule has 4 nitrogen and oxygen atoms in total. The Kier molecular flexibility index (Phi) is 4.55. The minimum atomic E-state index is -0.234. The summed E-state index contributed by atoms with van der Waals surface area (Å²) in [5.74, 6) is -0.0323. The lowest BCUT2D eigenvalue weighted by Crippen LogP contribution is -2.25. The number of hydrogen-bond donors (Lipinski definition) is 0. The predicted octanol–water partition coefficient (Wildman–Crippen LogP) is 3.19. The van der Waals surface area contributed by atoms with Crippen molar-refractivity contribution in [1.29, 1.82) is 0 Å². The van der Waals surface area contributed by atoms with Crippen molar-refractivity contribution >= 4 is 39.0 Å². The van der Waals surface area contributed by atoms with Crippen LogP contribution in [0.5, 0.6) is 0 Å². The Labute approximate surface area is 123 Å². The number of hydrogen-bond acceptors (Lipinski definition) is 4. The highest BCUT2D eigenvalue weighted by atomic mass is 79.9. The van der Waals surface area contributed by atoms with Crippen LogP contribution in [0.25, 0.3) is 0 Å². The van der Waals surface area contributed by atoms with Crippen molar-refractivity contribution in [2.75, 3.05) is 12.4 Å². The Morgan fingerprint density at radius 2 is 2.05 bits per heavy atom. The maximum atomic E-state index is 12.1. The summed E-state index contributed by atoms with van der Waals surface area (Å²) >= 11 is 4.66. The number of Topliss-reactive ketones (excluding diaryl/α,β-unsaturated/α-hetero) is 1. The van der Waals surface area contributed by atoms with E-state index in [2.05, 4.69) is 15.9 Å². The van der Waals surface area contributed by atoms with Crippen LogP contribution in [-0.2, 0) is 6.54 Å². The van der Waals surface area contributed by atoms with Crippen LogP contribution in [0.4, 0.5) is 0 Å². The van der Waals surface area contributed by atoms with E-state index in [1.54, 1.807) is 23.3 Å². The molecule has 2 aromatic rings. The lowest BCUT2D eigenvalue weighted by Gasteiger charge is -2.14. The molecule has 0 saturated carbocycles. The van der Waals surface area contributed by atoms with Crippen LogP contribution in [-0.4, -0.2) is 29.0 Å². The van der Waals surface area contributed by atoms with E-state index < -0.39 is 0 Å². The van der Waals surface area contributed by atoms with Gasteiger partial charge in [-0.25, -0.2) is 0 Å². The molecule has 2 aromatic heterocycles. The molecule has 0 unspecified atom stereocenters. The fourth-order valence-electron chi connectivity index (χ4n) is 1.56. The molecule has 0 atom stereocenters. The summed E-state index contributed by atoms with van der Waals surface area (Å²) in [5, 5.41) is 2.15. The van der Waals surface area contributed by atoms with Crippen LogP contribution < -0.4 is 0 Å². The number of ketones is 1. The molecule has 0 fully saturated rings. The van der Waals surface area contributed by atoms with Gasteiger partial charge in [-0.2, -0.15) is 0 Å². The molecule has 0 spiro atoms. The smallest absolute Gasteiger partial charge is 0.289 e. The molecule has 0 aliphatic heterocycles. The number of halogens is 1.